The first-order chi connectivity index (χ1) is 19.9. The van der Waals surface area contributed by atoms with Gasteiger partial charge in [0.15, 0.2) is 0 Å². The van der Waals surface area contributed by atoms with Crippen molar-refractivity contribution in [1.29, 1.82) is 0 Å². The fraction of sp³-hybridized carbons (Fsp3) is 0.0270. The Labute approximate surface area is 236 Å². The van der Waals surface area contributed by atoms with Crippen LogP contribution in [0, 0.1) is 0 Å². The summed E-state index contributed by atoms with van der Waals surface area (Å²) in [4.78, 5) is 8.86. The van der Waals surface area contributed by atoms with Gasteiger partial charge in [0.25, 0.3) is 0 Å². The zero-order valence-corrected chi connectivity index (χ0v) is 22.5. The number of hydrogen-bond donors (Lipinski definition) is 1. The zero-order chi connectivity index (χ0) is 26.3. The van der Waals surface area contributed by atoms with Crippen LogP contribution in [0.25, 0.3) is 21.8 Å². The standard InChI is InChI=1S/C37H24N2S/c1-2-12-24(13-3-1)39-32-19-9-5-15-27(32)37(28-16-6-10-20-33(28)39)29-17-7-11-21-34(29)40-36-30(37)23-22-26-25-14-4-8-18-31(25)38-35(26)36/h1-23,38H. The van der Waals surface area contributed by atoms with Crippen LogP contribution < -0.4 is 4.90 Å². The number of rotatable bonds is 1. The number of aromatic amines is 1. The van der Waals surface area contributed by atoms with Gasteiger partial charge >= 0.3 is 0 Å². The van der Waals surface area contributed by atoms with Crippen LogP contribution in [0.5, 0.6) is 0 Å². The topological polar surface area (TPSA) is 19.0 Å². The first-order valence-corrected chi connectivity index (χ1v) is 14.5. The number of hydrogen-bond acceptors (Lipinski definition) is 2. The average Bonchev–Trinajstić information content (AvgIpc) is 3.41. The molecular weight excluding hydrogens is 504 g/mol. The molecule has 0 fully saturated rings. The Morgan fingerprint density at radius 2 is 1.12 bits per heavy atom. The summed E-state index contributed by atoms with van der Waals surface area (Å²) in [5.74, 6) is 0. The third-order valence-corrected chi connectivity index (χ3v) is 9.86. The van der Waals surface area contributed by atoms with Crippen molar-refractivity contribution in [3.05, 3.63) is 162 Å². The molecule has 0 bridgehead atoms. The zero-order valence-electron chi connectivity index (χ0n) is 21.6. The Kier molecular flexibility index (Phi) is 4.50. The summed E-state index contributed by atoms with van der Waals surface area (Å²) in [5.41, 5.74) is 10.8. The van der Waals surface area contributed by atoms with Gasteiger partial charge in [-0.1, -0.05) is 115 Å². The van der Waals surface area contributed by atoms with Gasteiger partial charge in [0.1, 0.15) is 0 Å². The van der Waals surface area contributed by atoms with Gasteiger partial charge < -0.3 is 9.88 Å². The molecule has 2 aliphatic rings. The fourth-order valence-electron chi connectivity index (χ4n) is 7.10. The number of para-hydroxylation sites is 4. The third kappa shape index (κ3) is 2.75. The summed E-state index contributed by atoms with van der Waals surface area (Å²) in [7, 11) is 0. The number of nitrogens with one attached hydrogen (secondary N) is 1. The Morgan fingerprint density at radius 1 is 0.500 bits per heavy atom. The van der Waals surface area contributed by atoms with E-state index in [-0.39, 0.29) is 0 Å². The molecule has 40 heavy (non-hydrogen) atoms. The van der Waals surface area contributed by atoms with E-state index in [4.69, 9.17) is 0 Å². The second kappa shape index (κ2) is 8.14. The molecule has 188 valence electrons. The van der Waals surface area contributed by atoms with Crippen molar-refractivity contribution in [2.75, 3.05) is 4.90 Å². The average molecular weight is 529 g/mol. The van der Waals surface area contributed by atoms with Crippen LogP contribution in [0.1, 0.15) is 22.3 Å². The predicted octanol–water partition coefficient (Wildman–Crippen LogP) is 9.95. The molecule has 3 heterocycles. The number of nitrogens with zero attached hydrogens (tertiary/aromatic N) is 1. The van der Waals surface area contributed by atoms with Crippen molar-refractivity contribution >= 4 is 50.6 Å². The lowest BCUT2D eigenvalue weighted by atomic mass is 9.62. The molecule has 3 heteroatoms. The van der Waals surface area contributed by atoms with Gasteiger partial charge in [-0.05, 0) is 58.7 Å². The summed E-state index contributed by atoms with van der Waals surface area (Å²) in [6, 6.07) is 51.1. The lowest BCUT2D eigenvalue weighted by Gasteiger charge is -2.49. The van der Waals surface area contributed by atoms with E-state index in [1.165, 1.54) is 70.9 Å². The maximum Gasteiger partial charge on any atom is 0.0764 e. The summed E-state index contributed by atoms with van der Waals surface area (Å²) in [6.07, 6.45) is 0. The van der Waals surface area contributed by atoms with Crippen molar-refractivity contribution in [2.24, 2.45) is 0 Å². The molecule has 1 N–H and O–H groups in total. The quantitative estimate of drug-likeness (QED) is 0.229. The molecule has 7 aromatic rings. The molecule has 0 radical (unpaired) electrons. The molecule has 6 aromatic carbocycles. The van der Waals surface area contributed by atoms with Crippen molar-refractivity contribution in [2.45, 2.75) is 15.2 Å². The van der Waals surface area contributed by atoms with E-state index in [1.54, 1.807) is 0 Å². The van der Waals surface area contributed by atoms with Crippen LogP contribution in [-0.2, 0) is 5.41 Å². The Morgan fingerprint density at radius 3 is 1.90 bits per heavy atom. The van der Waals surface area contributed by atoms with Crippen molar-refractivity contribution in [3.8, 4) is 0 Å². The highest BCUT2D eigenvalue weighted by molar-refractivity contribution is 7.99. The number of H-pyrrole nitrogens is 1. The number of aromatic nitrogens is 1. The van der Waals surface area contributed by atoms with Crippen molar-refractivity contribution in [1.82, 2.24) is 4.98 Å². The second-order valence-corrected chi connectivity index (χ2v) is 11.6. The maximum absolute atomic E-state index is 3.81. The maximum atomic E-state index is 3.81. The molecule has 0 amide bonds. The van der Waals surface area contributed by atoms with Gasteiger partial charge in [-0.25, -0.2) is 0 Å². The summed E-state index contributed by atoms with van der Waals surface area (Å²) in [6.45, 7) is 0. The Balaban J connectivity index is 1.47. The van der Waals surface area contributed by atoms with E-state index < -0.39 is 5.41 Å². The highest BCUT2D eigenvalue weighted by Crippen LogP contribution is 2.63. The lowest BCUT2D eigenvalue weighted by molar-refractivity contribution is 0.694. The van der Waals surface area contributed by atoms with Gasteiger partial charge in [0.05, 0.1) is 22.3 Å². The first-order valence-electron chi connectivity index (χ1n) is 13.7. The smallest absolute Gasteiger partial charge is 0.0764 e. The molecule has 2 nitrogen and oxygen atoms in total. The van der Waals surface area contributed by atoms with E-state index in [1.807, 2.05) is 11.8 Å². The fourth-order valence-corrected chi connectivity index (χ4v) is 8.39. The van der Waals surface area contributed by atoms with Gasteiger partial charge in [-0.3, -0.25) is 0 Å². The molecule has 1 aromatic heterocycles. The van der Waals surface area contributed by atoms with Crippen LogP contribution in [0.4, 0.5) is 17.1 Å². The van der Waals surface area contributed by atoms with E-state index in [2.05, 4.69) is 149 Å². The molecule has 0 atom stereocenters. The minimum absolute atomic E-state index is 0.457. The monoisotopic (exact) mass is 528 g/mol. The van der Waals surface area contributed by atoms with Crippen LogP contribution >= 0.6 is 11.8 Å². The first kappa shape index (κ1) is 22.1. The van der Waals surface area contributed by atoms with Crippen LogP contribution in [-0.4, -0.2) is 4.98 Å². The highest BCUT2D eigenvalue weighted by Gasteiger charge is 2.50. The molecule has 1 spiro atoms. The molecular formula is C37H24N2S. The van der Waals surface area contributed by atoms with E-state index in [0.29, 0.717) is 0 Å². The van der Waals surface area contributed by atoms with Gasteiger partial charge in [-0.15, -0.1) is 0 Å². The van der Waals surface area contributed by atoms with Gasteiger partial charge in [-0.2, -0.15) is 0 Å². The molecule has 0 unspecified atom stereocenters. The van der Waals surface area contributed by atoms with E-state index in [9.17, 15) is 0 Å². The van der Waals surface area contributed by atoms with Crippen molar-refractivity contribution in [3.63, 3.8) is 0 Å². The van der Waals surface area contributed by atoms with Gasteiger partial charge in [0, 0.05) is 31.8 Å². The largest absolute Gasteiger partial charge is 0.354 e. The lowest BCUT2D eigenvalue weighted by Crippen LogP contribution is -2.39. The van der Waals surface area contributed by atoms with Crippen molar-refractivity contribution < 1.29 is 0 Å². The Bertz CT molecular complexity index is 2060. The minimum Gasteiger partial charge on any atom is -0.354 e. The summed E-state index contributed by atoms with van der Waals surface area (Å²) in [5, 5.41) is 2.55. The summed E-state index contributed by atoms with van der Waals surface area (Å²) < 4.78 is 0. The highest BCUT2D eigenvalue weighted by atomic mass is 32.2. The van der Waals surface area contributed by atoms with E-state index in [0.717, 1.165) is 0 Å². The normalized spacial score (nSPS) is 14.6. The minimum atomic E-state index is -0.457. The number of fused-ring (bicyclic) bond motifs is 12. The van der Waals surface area contributed by atoms with Gasteiger partial charge in [0.2, 0.25) is 0 Å². The molecule has 2 aliphatic heterocycles. The third-order valence-electron chi connectivity index (χ3n) is 8.65. The second-order valence-electron chi connectivity index (χ2n) is 10.6. The molecule has 0 aliphatic carbocycles. The predicted molar refractivity (Wildman–Crippen MR) is 166 cm³/mol. The van der Waals surface area contributed by atoms with Crippen LogP contribution in [0.3, 0.4) is 0 Å². The SMILES string of the molecule is c1ccc(N2c3ccccc3C3(c4ccccc4Sc4c3ccc3c4[nH]c4ccccc43)c3ccccc32)cc1. The van der Waals surface area contributed by atoms with Crippen LogP contribution in [0.15, 0.2) is 149 Å². The summed E-state index contributed by atoms with van der Waals surface area (Å²) >= 11 is 1.90. The molecule has 0 saturated carbocycles. The molecule has 0 saturated heterocycles. The molecule has 9 rings (SSSR count). The Hall–Kier alpha value is -4.73. The number of benzene rings is 6. The van der Waals surface area contributed by atoms with E-state index >= 15 is 0 Å². The number of anilines is 3. The van der Waals surface area contributed by atoms with Crippen LogP contribution in [0.2, 0.25) is 0 Å².